The zero-order valence-electron chi connectivity index (χ0n) is 8.30. The molecule has 15 heavy (non-hydrogen) atoms. The van der Waals surface area contributed by atoms with Crippen LogP contribution in [-0.2, 0) is 6.42 Å². The second-order valence-electron chi connectivity index (χ2n) is 3.12. The number of nitrogen functional groups attached to an aromatic ring is 1. The van der Waals surface area contributed by atoms with E-state index in [1.807, 2.05) is 24.3 Å². The highest BCUT2D eigenvalue weighted by Crippen LogP contribution is 2.17. The number of benzene rings is 1. The van der Waals surface area contributed by atoms with Gasteiger partial charge in [-0.1, -0.05) is 17.3 Å². The molecule has 0 aliphatic rings. The van der Waals surface area contributed by atoms with E-state index in [1.54, 1.807) is 7.11 Å². The summed E-state index contributed by atoms with van der Waals surface area (Å²) in [5, 5.41) is 7.23. The molecule has 0 amide bonds. The highest BCUT2D eigenvalue weighted by molar-refractivity contribution is 5.37. The number of anilines is 1. The molecule has 5 heteroatoms. The molecule has 1 heterocycles. The first kappa shape index (κ1) is 9.51. The van der Waals surface area contributed by atoms with E-state index in [-0.39, 0.29) is 0 Å². The standard InChI is InChI=1S/C10H11N3O2/c1-14-8-4-2-3-7(5-8)6-9-10(11)13-15-12-9/h2-5H,6H2,1H3,(H2,11,13). The number of rotatable bonds is 3. The molecule has 0 spiro atoms. The van der Waals surface area contributed by atoms with Crippen LogP contribution in [0.5, 0.6) is 5.75 Å². The van der Waals surface area contributed by atoms with E-state index in [2.05, 4.69) is 14.9 Å². The van der Waals surface area contributed by atoms with Crippen molar-refractivity contribution >= 4 is 5.82 Å². The van der Waals surface area contributed by atoms with Crippen LogP contribution >= 0.6 is 0 Å². The fourth-order valence-electron chi connectivity index (χ4n) is 1.31. The molecule has 0 bridgehead atoms. The first-order valence-corrected chi connectivity index (χ1v) is 4.49. The fourth-order valence-corrected chi connectivity index (χ4v) is 1.31. The Bertz CT molecular complexity index is 453. The van der Waals surface area contributed by atoms with E-state index in [9.17, 15) is 0 Å². The average Bonchev–Trinajstić information content (AvgIpc) is 2.65. The molecule has 2 rings (SSSR count). The van der Waals surface area contributed by atoms with E-state index in [4.69, 9.17) is 10.5 Å². The fraction of sp³-hybridized carbons (Fsp3) is 0.200. The molecule has 78 valence electrons. The number of ether oxygens (including phenoxy) is 1. The first-order chi connectivity index (χ1) is 7.29. The third kappa shape index (κ3) is 2.07. The van der Waals surface area contributed by atoms with Gasteiger partial charge in [-0.2, -0.15) is 0 Å². The van der Waals surface area contributed by atoms with Crippen molar-refractivity contribution in [2.45, 2.75) is 6.42 Å². The van der Waals surface area contributed by atoms with Crippen LogP contribution in [0, 0.1) is 0 Å². The second kappa shape index (κ2) is 4.00. The minimum atomic E-state index is 0.331. The molecule has 0 radical (unpaired) electrons. The van der Waals surface area contributed by atoms with Crippen LogP contribution in [-0.4, -0.2) is 17.4 Å². The molecule has 0 fully saturated rings. The molecule has 1 aromatic carbocycles. The lowest BCUT2D eigenvalue weighted by Crippen LogP contribution is -1.95. The normalized spacial score (nSPS) is 10.2. The Balaban J connectivity index is 2.21. The van der Waals surface area contributed by atoms with Gasteiger partial charge in [-0.3, -0.25) is 0 Å². The Morgan fingerprint density at radius 3 is 2.93 bits per heavy atom. The predicted molar refractivity (Wildman–Crippen MR) is 54.5 cm³/mol. The van der Waals surface area contributed by atoms with E-state index in [1.165, 1.54) is 0 Å². The summed E-state index contributed by atoms with van der Waals surface area (Å²) in [6.45, 7) is 0. The Hall–Kier alpha value is -2.04. The van der Waals surface area contributed by atoms with Crippen molar-refractivity contribution < 1.29 is 9.37 Å². The summed E-state index contributed by atoms with van der Waals surface area (Å²) in [6, 6.07) is 7.69. The van der Waals surface area contributed by atoms with E-state index in [0.29, 0.717) is 17.9 Å². The zero-order valence-corrected chi connectivity index (χ0v) is 8.30. The summed E-state index contributed by atoms with van der Waals surface area (Å²) in [4.78, 5) is 0. The van der Waals surface area contributed by atoms with Crippen molar-refractivity contribution in [2.24, 2.45) is 0 Å². The van der Waals surface area contributed by atoms with Crippen LogP contribution in [0.25, 0.3) is 0 Å². The maximum atomic E-state index is 5.56. The Morgan fingerprint density at radius 2 is 2.27 bits per heavy atom. The molecule has 0 aliphatic carbocycles. The number of aromatic nitrogens is 2. The third-order valence-corrected chi connectivity index (χ3v) is 2.09. The molecular weight excluding hydrogens is 194 g/mol. The molecule has 0 atom stereocenters. The maximum Gasteiger partial charge on any atom is 0.191 e. The van der Waals surface area contributed by atoms with Gasteiger partial charge in [-0.15, -0.1) is 0 Å². The van der Waals surface area contributed by atoms with Gasteiger partial charge in [0.25, 0.3) is 0 Å². The Labute approximate surface area is 86.8 Å². The quantitative estimate of drug-likeness (QED) is 0.816. The first-order valence-electron chi connectivity index (χ1n) is 4.49. The zero-order chi connectivity index (χ0) is 10.7. The molecule has 0 unspecified atom stereocenters. The van der Waals surface area contributed by atoms with E-state index in [0.717, 1.165) is 11.3 Å². The van der Waals surface area contributed by atoms with Crippen molar-refractivity contribution in [2.75, 3.05) is 12.8 Å². The molecule has 5 nitrogen and oxygen atoms in total. The summed E-state index contributed by atoms with van der Waals surface area (Å²) < 4.78 is 9.63. The van der Waals surface area contributed by atoms with Crippen molar-refractivity contribution in [1.82, 2.24) is 10.3 Å². The van der Waals surface area contributed by atoms with Crippen molar-refractivity contribution in [1.29, 1.82) is 0 Å². The van der Waals surface area contributed by atoms with Crippen LogP contribution in [0.4, 0.5) is 5.82 Å². The average molecular weight is 205 g/mol. The molecule has 2 aromatic rings. The molecule has 0 aliphatic heterocycles. The minimum absolute atomic E-state index is 0.331. The minimum Gasteiger partial charge on any atom is -0.497 e. The summed E-state index contributed by atoms with van der Waals surface area (Å²) in [6.07, 6.45) is 0.590. The van der Waals surface area contributed by atoms with Crippen LogP contribution < -0.4 is 10.5 Å². The van der Waals surface area contributed by atoms with Gasteiger partial charge in [0.1, 0.15) is 11.4 Å². The van der Waals surface area contributed by atoms with Crippen molar-refractivity contribution in [3.8, 4) is 5.75 Å². The lowest BCUT2D eigenvalue weighted by Gasteiger charge is -2.02. The van der Waals surface area contributed by atoms with E-state index >= 15 is 0 Å². The van der Waals surface area contributed by atoms with Gasteiger partial charge in [0.2, 0.25) is 0 Å². The predicted octanol–water partition coefficient (Wildman–Crippen LogP) is 1.25. The second-order valence-corrected chi connectivity index (χ2v) is 3.12. The molecular formula is C10H11N3O2. The highest BCUT2D eigenvalue weighted by atomic mass is 16.6. The Morgan fingerprint density at radius 1 is 1.40 bits per heavy atom. The lowest BCUT2D eigenvalue weighted by atomic mass is 10.1. The van der Waals surface area contributed by atoms with Crippen molar-refractivity contribution in [3.05, 3.63) is 35.5 Å². The van der Waals surface area contributed by atoms with Crippen LogP contribution in [0.1, 0.15) is 11.3 Å². The number of hydrogen-bond acceptors (Lipinski definition) is 5. The summed E-state index contributed by atoms with van der Waals surface area (Å²) >= 11 is 0. The Kier molecular flexibility index (Phi) is 2.53. The molecule has 1 aromatic heterocycles. The van der Waals surface area contributed by atoms with Crippen molar-refractivity contribution in [3.63, 3.8) is 0 Å². The van der Waals surface area contributed by atoms with Gasteiger partial charge in [0.15, 0.2) is 5.82 Å². The summed E-state index contributed by atoms with van der Waals surface area (Å²) in [5.74, 6) is 1.14. The van der Waals surface area contributed by atoms with Gasteiger partial charge in [0, 0.05) is 6.42 Å². The largest absolute Gasteiger partial charge is 0.497 e. The van der Waals surface area contributed by atoms with Gasteiger partial charge >= 0.3 is 0 Å². The summed E-state index contributed by atoms with van der Waals surface area (Å²) in [7, 11) is 1.63. The monoisotopic (exact) mass is 205 g/mol. The highest BCUT2D eigenvalue weighted by Gasteiger charge is 2.07. The van der Waals surface area contributed by atoms with Crippen LogP contribution in [0.15, 0.2) is 28.9 Å². The number of nitrogens with two attached hydrogens (primary N) is 1. The summed E-state index contributed by atoms with van der Waals surface area (Å²) in [5.41, 5.74) is 7.25. The smallest absolute Gasteiger partial charge is 0.191 e. The number of hydrogen-bond donors (Lipinski definition) is 1. The lowest BCUT2D eigenvalue weighted by molar-refractivity contribution is 0.305. The SMILES string of the molecule is COc1cccc(Cc2nonc2N)c1. The van der Waals surface area contributed by atoms with Crippen LogP contribution in [0.2, 0.25) is 0 Å². The van der Waals surface area contributed by atoms with Gasteiger partial charge in [0.05, 0.1) is 7.11 Å². The number of nitrogens with zero attached hydrogens (tertiary/aromatic N) is 2. The molecule has 0 saturated heterocycles. The molecule has 0 saturated carbocycles. The van der Waals surface area contributed by atoms with Gasteiger partial charge in [-0.25, -0.2) is 4.63 Å². The van der Waals surface area contributed by atoms with Crippen LogP contribution in [0.3, 0.4) is 0 Å². The van der Waals surface area contributed by atoms with E-state index < -0.39 is 0 Å². The maximum absolute atomic E-state index is 5.56. The molecule has 2 N–H and O–H groups in total. The van der Waals surface area contributed by atoms with Gasteiger partial charge in [-0.05, 0) is 22.9 Å². The topological polar surface area (TPSA) is 74.2 Å². The third-order valence-electron chi connectivity index (χ3n) is 2.09. The number of methoxy groups -OCH3 is 1. The van der Waals surface area contributed by atoms with Gasteiger partial charge < -0.3 is 10.5 Å².